The molecule has 0 amide bonds. The summed E-state index contributed by atoms with van der Waals surface area (Å²) in [6.07, 6.45) is 0. The van der Waals surface area contributed by atoms with Crippen LogP contribution in [-0.4, -0.2) is 11.1 Å². The van der Waals surface area contributed by atoms with E-state index in [-0.39, 0.29) is 22.1 Å². The summed E-state index contributed by atoms with van der Waals surface area (Å²) in [5, 5.41) is 9.23. The summed E-state index contributed by atoms with van der Waals surface area (Å²) in [5.41, 5.74) is -0.0660. The lowest BCUT2D eigenvalue weighted by molar-refractivity contribution is 0.0694. The summed E-state index contributed by atoms with van der Waals surface area (Å²) in [6.45, 7) is 0. The topological polar surface area (TPSA) is 46.5 Å². The predicted molar refractivity (Wildman–Crippen MR) is 72.6 cm³/mol. The molecule has 0 fully saturated rings. The maximum atomic E-state index is 13.0. The Balaban J connectivity index is 2.46. The van der Waals surface area contributed by atoms with Gasteiger partial charge in [-0.05, 0) is 46.3 Å². The summed E-state index contributed by atoms with van der Waals surface area (Å²) in [4.78, 5) is 11.1. The molecule has 6 heteroatoms. The molecule has 0 saturated carbocycles. The average Bonchev–Trinajstić information content (AvgIpc) is 2.34. The van der Waals surface area contributed by atoms with Gasteiger partial charge in [0.25, 0.3) is 0 Å². The maximum Gasteiger partial charge on any atom is 0.339 e. The fraction of sp³-hybridized carbons (Fsp3) is 0. The number of hydrogen-bond acceptors (Lipinski definition) is 2. The van der Waals surface area contributed by atoms with Crippen molar-refractivity contribution in [3.8, 4) is 11.5 Å². The first-order valence-corrected chi connectivity index (χ1v) is 6.31. The van der Waals surface area contributed by atoms with Crippen LogP contribution >= 0.6 is 27.5 Å². The molecule has 0 aliphatic rings. The number of carbonyl (C=O) groups is 1. The van der Waals surface area contributed by atoms with Gasteiger partial charge in [-0.3, -0.25) is 0 Å². The molecule has 0 bridgehead atoms. The molecular weight excluding hydrogens is 338 g/mol. The molecule has 0 heterocycles. The average molecular weight is 346 g/mol. The van der Waals surface area contributed by atoms with Gasteiger partial charge in [-0.15, -0.1) is 0 Å². The van der Waals surface area contributed by atoms with Crippen LogP contribution in [0.2, 0.25) is 5.02 Å². The number of aromatic carboxylic acids is 1. The second-order valence-corrected chi connectivity index (χ2v) is 4.86. The van der Waals surface area contributed by atoms with E-state index in [1.54, 1.807) is 0 Å². The van der Waals surface area contributed by atoms with E-state index in [4.69, 9.17) is 21.4 Å². The second-order valence-electron chi connectivity index (χ2n) is 3.60. The smallest absolute Gasteiger partial charge is 0.339 e. The first kappa shape index (κ1) is 13.8. The Morgan fingerprint density at radius 1 is 1.32 bits per heavy atom. The van der Waals surface area contributed by atoms with Crippen LogP contribution in [0.4, 0.5) is 4.39 Å². The van der Waals surface area contributed by atoms with Gasteiger partial charge in [-0.2, -0.15) is 0 Å². The normalized spacial score (nSPS) is 10.3. The number of carboxylic acid groups (broad SMARTS) is 1. The van der Waals surface area contributed by atoms with Crippen molar-refractivity contribution in [1.82, 2.24) is 0 Å². The van der Waals surface area contributed by atoms with Gasteiger partial charge in [0.2, 0.25) is 0 Å². The van der Waals surface area contributed by atoms with E-state index in [1.807, 2.05) is 0 Å². The van der Waals surface area contributed by atoms with Crippen LogP contribution < -0.4 is 4.74 Å². The highest BCUT2D eigenvalue weighted by molar-refractivity contribution is 9.10. The van der Waals surface area contributed by atoms with E-state index in [2.05, 4.69) is 15.9 Å². The number of carboxylic acids is 1. The molecule has 0 aromatic heterocycles. The van der Waals surface area contributed by atoms with E-state index in [9.17, 15) is 9.18 Å². The van der Waals surface area contributed by atoms with Gasteiger partial charge in [-0.25, -0.2) is 9.18 Å². The van der Waals surface area contributed by atoms with E-state index >= 15 is 0 Å². The highest BCUT2D eigenvalue weighted by Gasteiger charge is 2.16. The minimum atomic E-state index is -1.16. The number of para-hydroxylation sites is 1. The molecule has 19 heavy (non-hydrogen) atoms. The van der Waals surface area contributed by atoms with Crippen LogP contribution in [-0.2, 0) is 0 Å². The van der Waals surface area contributed by atoms with Crippen LogP contribution in [0.15, 0.2) is 40.9 Å². The zero-order valence-electron chi connectivity index (χ0n) is 9.36. The minimum Gasteiger partial charge on any atom is -0.478 e. The Morgan fingerprint density at radius 3 is 2.68 bits per heavy atom. The minimum absolute atomic E-state index is 0.0176. The highest BCUT2D eigenvalue weighted by atomic mass is 79.9. The van der Waals surface area contributed by atoms with Gasteiger partial charge in [0.1, 0.15) is 17.1 Å². The Hall–Kier alpha value is -1.59. The molecular formula is C13H7BrClFO3. The monoisotopic (exact) mass is 344 g/mol. The van der Waals surface area contributed by atoms with Gasteiger partial charge >= 0.3 is 5.97 Å². The summed E-state index contributed by atoms with van der Waals surface area (Å²) in [6, 6.07) is 8.21. The van der Waals surface area contributed by atoms with Gasteiger partial charge in [0.05, 0.1) is 9.50 Å². The largest absolute Gasteiger partial charge is 0.478 e. The summed E-state index contributed by atoms with van der Waals surface area (Å²) >= 11 is 9.06. The Kier molecular flexibility index (Phi) is 4.07. The molecule has 2 aromatic rings. The van der Waals surface area contributed by atoms with Crippen LogP contribution in [0.3, 0.4) is 0 Å². The van der Waals surface area contributed by atoms with Crippen molar-refractivity contribution < 1.29 is 19.0 Å². The third kappa shape index (κ3) is 3.05. The molecule has 2 rings (SSSR count). The lowest BCUT2D eigenvalue weighted by Gasteiger charge is -2.11. The summed E-state index contributed by atoms with van der Waals surface area (Å²) < 4.78 is 18.8. The Morgan fingerprint density at radius 2 is 2.05 bits per heavy atom. The predicted octanol–water partition coefficient (Wildman–Crippen LogP) is 4.73. The molecule has 0 aliphatic heterocycles. The lowest BCUT2D eigenvalue weighted by Crippen LogP contribution is -2.00. The summed E-state index contributed by atoms with van der Waals surface area (Å²) in [5.74, 6) is -1.30. The number of ether oxygens (including phenoxy) is 1. The second kappa shape index (κ2) is 5.59. The fourth-order valence-electron chi connectivity index (χ4n) is 1.45. The van der Waals surface area contributed by atoms with Crippen LogP contribution in [0.1, 0.15) is 10.4 Å². The first-order chi connectivity index (χ1) is 8.99. The quantitative estimate of drug-likeness (QED) is 0.874. The van der Waals surface area contributed by atoms with Crippen molar-refractivity contribution in [1.29, 1.82) is 0 Å². The number of benzene rings is 2. The summed E-state index contributed by atoms with van der Waals surface area (Å²) in [7, 11) is 0. The molecule has 1 N–H and O–H groups in total. The Bertz CT molecular complexity index is 646. The maximum absolute atomic E-state index is 13.0. The lowest BCUT2D eigenvalue weighted by atomic mass is 10.2. The molecule has 0 unspecified atom stereocenters. The molecule has 98 valence electrons. The van der Waals surface area contributed by atoms with Crippen LogP contribution in [0.25, 0.3) is 0 Å². The van der Waals surface area contributed by atoms with E-state index in [0.29, 0.717) is 4.47 Å². The van der Waals surface area contributed by atoms with Crippen molar-refractivity contribution in [3.05, 3.63) is 57.3 Å². The van der Waals surface area contributed by atoms with Crippen molar-refractivity contribution >= 4 is 33.5 Å². The third-order valence-electron chi connectivity index (χ3n) is 2.30. The highest BCUT2D eigenvalue weighted by Crippen LogP contribution is 2.36. The first-order valence-electron chi connectivity index (χ1n) is 5.13. The van der Waals surface area contributed by atoms with Crippen molar-refractivity contribution in [2.24, 2.45) is 0 Å². The fourth-order valence-corrected chi connectivity index (χ4v) is 2.09. The molecule has 0 radical (unpaired) electrons. The molecule has 3 nitrogen and oxygen atoms in total. The van der Waals surface area contributed by atoms with Crippen molar-refractivity contribution in [3.63, 3.8) is 0 Å². The number of hydrogen-bond donors (Lipinski definition) is 1. The molecule has 2 aromatic carbocycles. The van der Waals surface area contributed by atoms with Crippen LogP contribution in [0, 0.1) is 5.82 Å². The van der Waals surface area contributed by atoms with Gasteiger partial charge in [0.15, 0.2) is 5.75 Å². The molecule has 0 spiro atoms. The van der Waals surface area contributed by atoms with E-state index in [0.717, 1.165) is 0 Å². The molecule has 0 saturated heterocycles. The van der Waals surface area contributed by atoms with Crippen molar-refractivity contribution in [2.75, 3.05) is 0 Å². The van der Waals surface area contributed by atoms with Gasteiger partial charge in [-0.1, -0.05) is 17.7 Å². The Labute approximate surface area is 121 Å². The van der Waals surface area contributed by atoms with E-state index < -0.39 is 11.8 Å². The molecule has 0 atom stereocenters. The zero-order valence-corrected chi connectivity index (χ0v) is 11.7. The standard InChI is InChI=1S/C13H7BrClFO3/c14-9-6-7(16)4-5-11(9)19-12-8(13(17)18)2-1-3-10(12)15/h1-6H,(H,17,18). The number of rotatable bonds is 3. The zero-order chi connectivity index (χ0) is 14.0. The van der Waals surface area contributed by atoms with E-state index in [1.165, 1.54) is 36.4 Å². The third-order valence-corrected chi connectivity index (χ3v) is 3.22. The molecule has 0 aliphatic carbocycles. The SMILES string of the molecule is O=C(O)c1cccc(Cl)c1Oc1ccc(F)cc1Br. The number of halogens is 3. The van der Waals surface area contributed by atoms with Gasteiger partial charge in [0, 0.05) is 0 Å². The van der Waals surface area contributed by atoms with Crippen LogP contribution in [0.5, 0.6) is 11.5 Å². The van der Waals surface area contributed by atoms with Gasteiger partial charge < -0.3 is 9.84 Å². The van der Waals surface area contributed by atoms with Crippen molar-refractivity contribution in [2.45, 2.75) is 0 Å².